The average molecular weight is 160 g/mol. The lowest BCUT2D eigenvalue weighted by atomic mass is 10.2. The van der Waals surface area contributed by atoms with Gasteiger partial charge in [0, 0.05) is 12.3 Å². The molecule has 0 aliphatic carbocycles. The van der Waals surface area contributed by atoms with E-state index in [9.17, 15) is 0 Å². The normalized spacial score (nSPS) is 10.0. The van der Waals surface area contributed by atoms with E-state index < -0.39 is 0 Å². The lowest BCUT2D eigenvalue weighted by molar-refractivity contribution is 0.281. The molecule has 0 saturated heterocycles. The Morgan fingerprint density at radius 1 is 1.67 bits per heavy atom. The van der Waals surface area contributed by atoms with Gasteiger partial charge in [-0.3, -0.25) is 4.98 Å². The molecule has 1 N–H and O–H groups in total. The standard InChI is InChI=1S/C9H8N2O/c10-4-1-2-9-6-8(7-12)3-5-11-9/h1-3,5-6,12H,7H2. The van der Waals surface area contributed by atoms with Gasteiger partial charge in [0.15, 0.2) is 0 Å². The molecule has 1 aromatic rings. The van der Waals surface area contributed by atoms with Crippen LogP contribution in [0.4, 0.5) is 0 Å². The van der Waals surface area contributed by atoms with E-state index in [0.717, 1.165) is 5.56 Å². The topological polar surface area (TPSA) is 56.9 Å². The Labute approximate surface area is 70.6 Å². The summed E-state index contributed by atoms with van der Waals surface area (Å²) in [7, 11) is 0. The minimum atomic E-state index is -0.00405. The summed E-state index contributed by atoms with van der Waals surface area (Å²) in [6.45, 7) is -0.00405. The highest BCUT2D eigenvalue weighted by Gasteiger charge is 1.91. The summed E-state index contributed by atoms with van der Waals surface area (Å²) in [6, 6.07) is 5.33. The molecular weight excluding hydrogens is 152 g/mol. The number of aliphatic hydroxyl groups is 1. The van der Waals surface area contributed by atoms with Crippen molar-refractivity contribution in [3.63, 3.8) is 0 Å². The lowest BCUT2D eigenvalue weighted by Gasteiger charge is -1.95. The van der Waals surface area contributed by atoms with Gasteiger partial charge in [0.05, 0.1) is 18.4 Å². The molecule has 0 unspecified atom stereocenters. The van der Waals surface area contributed by atoms with E-state index in [2.05, 4.69) is 4.98 Å². The van der Waals surface area contributed by atoms with Crippen LogP contribution in [-0.2, 0) is 6.61 Å². The zero-order chi connectivity index (χ0) is 8.81. The fraction of sp³-hybridized carbons (Fsp3) is 0.111. The van der Waals surface area contributed by atoms with Crippen LogP contribution in [0.2, 0.25) is 0 Å². The fourth-order valence-electron chi connectivity index (χ4n) is 0.807. The molecule has 3 heteroatoms. The Balaban J connectivity index is 2.88. The van der Waals surface area contributed by atoms with Crippen molar-refractivity contribution in [2.45, 2.75) is 6.61 Å². The molecule has 0 amide bonds. The Bertz CT molecular complexity index is 326. The van der Waals surface area contributed by atoms with E-state index in [1.165, 1.54) is 6.08 Å². The van der Waals surface area contributed by atoms with Gasteiger partial charge in [-0.1, -0.05) is 0 Å². The van der Waals surface area contributed by atoms with Crippen molar-refractivity contribution >= 4 is 6.08 Å². The van der Waals surface area contributed by atoms with Crippen molar-refractivity contribution in [2.75, 3.05) is 0 Å². The zero-order valence-corrected chi connectivity index (χ0v) is 6.44. The smallest absolute Gasteiger partial charge is 0.0912 e. The molecule has 0 radical (unpaired) electrons. The van der Waals surface area contributed by atoms with E-state index in [-0.39, 0.29) is 6.61 Å². The Morgan fingerprint density at radius 3 is 3.17 bits per heavy atom. The van der Waals surface area contributed by atoms with E-state index in [0.29, 0.717) is 5.69 Å². The van der Waals surface area contributed by atoms with Crippen LogP contribution in [0.5, 0.6) is 0 Å². The summed E-state index contributed by atoms with van der Waals surface area (Å²) < 4.78 is 0. The first-order valence-corrected chi connectivity index (χ1v) is 3.49. The number of hydrogen-bond acceptors (Lipinski definition) is 3. The van der Waals surface area contributed by atoms with Crippen LogP contribution in [0.25, 0.3) is 6.08 Å². The Morgan fingerprint density at radius 2 is 2.50 bits per heavy atom. The maximum Gasteiger partial charge on any atom is 0.0912 e. The fourth-order valence-corrected chi connectivity index (χ4v) is 0.807. The number of pyridine rings is 1. The van der Waals surface area contributed by atoms with E-state index in [4.69, 9.17) is 10.4 Å². The first-order valence-electron chi connectivity index (χ1n) is 3.49. The van der Waals surface area contributed by atoms with Crippen LogP contribution in [0.15, 0.2) is 24.4 Å². The molecule has 0 spiro atoms. The SMILES string of the molecule is N#CC=Cc1cc(CO)ccn1. The summed E-state index contributed by atoms with van der Waals surface area (Å²) in [5, 5.41) is 17.0. The van der Waals surface area contributed by atoms with E-state index >= 15 is 0 Å². The zero-order valence-electron chi connectivity index (χ0n) is 6.44. The Kier molecular flexibility index (Phi) is 3.00. The summed E-state index contributed by atoms with van der Waals surface area (Å²) in [5.74, 6) is 0. The van der Waals surface area contributed by atoms with Crippen LogP contribution >= 0.6 is 0 Å². The number of aliphatic hydroxyl groups excluding tert-OH is 1. The Hall–Kier alpha value is -1.66. The molecule has 1 heterocycles. The van der Waals surface area contributed by atoms with Crippen LogP contribution in [-0.4, -0.2) is 10.1 Å². The van der Waals surface area contributed by atoms with Crippen molar-refractivity contribution in [3.8, 4) is 6.07 Å². The van der Waals surface area contributed by atoms with Crippen molar-refractivity contribution in [1.82, 2.24) is 4.98 Å². The number of nitrogens with zero attached hydrogens (tertiary/aromatic N) is 2. The number of hydrogen-bond donors (Lipinski definition) is 1. The van der Waals surface area contributed by atoms with E-state index in [1.807, 2.05) is 6.07 Å². The minimum Gasteiger partial charge on any atom is -0.392 e. The predicted molar refractivity (Wildman–Crippen MR) is 44.8 cm³/mol. The molecule has 1 rings (SSSR count). The molecule has 0 bridgehead atoms. The third kappa shape index (κ3) is 2.19. The predicted octanol–water partition coefficient (Wildman–Crippen LogP) is 1.11. The molecule has 0 aliphatic rings. The van der Waals surface area contributed by atoms with Gasteiger partial charge in [0.2, 0.25) is 0 Å². The number of allylic oxidation sites excluding steroid dienone is 1. The van der Waals surface area contributed by atoms with Crippen LogP contribution in [0, 0.1) is 11.3 Å². The highest BCUT2D eigenvalue weighted by molar-refractivity contribution is 5.48. The van der Waals surface area contributed by atoms with Crippen LogP contribution in [0.1, 0.15) is 11.3 Å². The minimum absolute atomic E-state index is 0.00405. The monoisotopic (exact) mass is 160 g/mol. The van der Waals surface area contributed by atoms with Gasteiger partial charge in [0.25, 0.3) is 0 Å². The van der Waals surface area contributed by atoms with Crippen LogP contribution in [0.3, 0.4) is 0 Å². The van der Waals surface area contributed by atoms with Crippen LogP contribution < -0.4 is 0 Å². The molecule has 0 saturated carbocycles. The van der Waals surface area contributed by atoms with Gasteiger partial charge >= 0.3 is 0 Å². The molecule has 12 heavy (non-hydrogen) atoms. The molecule has 0 aliphatic heterocycles. The van der Waals surface area contributed by atoms with Crippen molar-refractivity contribution in [1.29, 1.82) is 5.26 Å². The highest BCUT2D eigenvalue weighted by Crippen LogP contribution is 2.02. The molecule has 0 fully saturated rings. The third-order valence-corrected chi connectivity index (χ3v) is 1.36. The molecule has 0 atom stereocenters. The second-order valence-corrected chi connectivity index (χ2v) is 2.21. The number of aromatic nitrogens is 1. The molecule has 60 valence electrons. The van der Waals surface area contributed by atoms with Gasteiger partial charge in [-0.25, -0.2) is 0 Å². The van der Waals surface area contributed by atoms with Gasteiger partial charge in [-0.2, -0.15) is 5.26 Å². The summed E-state index contributed by atoms with van der Waals surface area (Å²) in [6.07, 6.45) is 4.55. The number of rotatable bonds is 2. The van der Waals surface area contributed by atoms with E-state index in [1.54, 1.807) is 24.4 Å². The summed E-state index contributed by atoms with van der Waals surface area (Å²) >= 11 is 0. The molecular formula is C9H8N2O. The van der Waals surface area contributed by atoms with Crippen molar-refractivity contribution in [3.05, 3.63) is 35.7 Å². The first kappa shape index (κ1) is 8.44. The van der Waals surface area contributed by atoms with Gasteiger partial charge in [0.1, 0.15) is 0 Å². The second kappa shape index (κ2) is 4.27. The maximum absolute atomic E-state index is 8.77. The molecule has 3 nitrogen and oxygen atoms in total. The van der Waals surface area contributed by atoms with Gasteiger partial charge < -0.3 is 5.11 Å². The molecule has 1 aromatic heterocycles. The lowest BCUT2D eigenvalue weighted by Crippen LogP contribution is -1.86. The second-order valence-electron chi connectivity index (χ2n) is 2.21. The van der Waals surface area contributed by atoms with Gasteiger partial charge in [-0.05, 0) is 23.8 Å². The van der Waals surface area contributed by atoms with Crippen molar-refractivity contribution < 1.29 is 5.11 Å². The largest absolute Gasteiger partial charge is 0.392 e. The number of nitriles is 1. The summed E-state index contributed by atoms with van der Waals surface area (Å²) in [5.41, 5.74) is 1.48. The summed E-state index contributed by atoms with van der Waals surface area (Å²) in [4.78, 5) is 3.98. The average Bonchev–Trinajstić information content (AvgIpc) is 2.15. The first-order chi connectivity index (χ1) is 5.86. The maximum atomic E-state index is 8.77. The van der Waals surface area contributed by atoms with Gasteiger partial charge in [-0.15, -0.1) is 0 Å². The molecule has 0 aromatic carbocycles. The van der Waals surface area contributed by atoms with Crippen molar-refractivity contribution in [2.24, 2.45) is 0 Å². The quantitative estimate of drug-likeness (QED) is 0.659. The highest BCUT2D eigenvalue weighted by atomic mass is 16.3. The third-order valence-electron chi connectivity index (χ3n) is 1.36.